The highest BCUT2D eigenvalue weighted by Gasteiger charge is 2.51. The minimum atomic E-state index is -2.52. The summed E-state index contributed by atoms with van der Waals surface area (Å²) in [7, 11) is 0. The van der Waals surface area contributed by atoms with Crippen molar-refractivity contribution in [1.82, 2.24) is 4.98 Å². The molecule has 5 heterocycles. The van der Waals surface area contributed by atoms with Crippen LogP contribution in [0.25, 0.3) is 0 Å². The summed E-state index contributed by atoms with van der Waals surface area (Å²) >= 11 is -5.00. The van der Waals surface area contributed by atoms with E-state index in [9.17, 15) is 0 Å². The fraction of sp³-hybridized carbons (Fsp3) is 0. The normalized spacial score (nSPS) is 13.0. The lowest BCUT2D eigenvalue weighted by atomic mass is 10.1. The molecule has 0 radical (unpaired) electrons. The first-order valence-corrected chi connectivity index (χ1v) is 33.0. The number of aromatic nitrogens is 1. The van der Waals surface area contributed by atoms with Gasteiger partial charge in [0.15, 0.2) is 0 Å². The van der Waals surface area contributed by atoms with Crippen molar-refractivity contribution >= 4 is 157 Å². The van der Waals surface area contributed by atoms with E-state index in [1.807, 2.05) is 0 Å². The predicted octanol–water partition coefficient (Wildman–Crippen LogP) is 16.2. The van der Waals surface area contributed by atoms with Crippen molar-refractivity contribution in [3.05, 3.63) is 322 Å². The summed E-state index contributed by atoms with van der Waals surface area (Å²) in [6.45, 7) is 0. The van der Waals surface area contributed by atoms with Crippen LogP contribution < -0.4 is 56.1 Å². The lowest BCUT2D eigenvalue weighted by Gasteiger charge is -2.47. The fourth-order valence-corrected chi connectivity index (χ4v) is 21.1. The Kier molecular flexibility index (Phi) is 12.1. The summed E-state index contributed by atoms with van der Waals surface area (Å²) in [5.74, 6) is 1.00. The monoisotopic (exact) mass is 1130 g/mol. The zero-order valence-electron chi connectivity index (χ0n) is 46.9. The number of pyridine rings is 1. The summed E-state index contributed by atoms with van der Waals surface area (Å²) in [5, 5.41) is 0. The fourth-order valence-electron chi connectivity index (χ4n) is 14.0. The molecule has 0 unspecified atom stereocenters. The maximum atomic E-state index is 6.48. The van der Waals surface area contributed by atoms with Crippen molar-refractivity contribution in [3.63, 3.8) is 0 Å². The number of benzene rings is 12. The molecular weight excluding hydrogens is 1080 g/mol. The zero-order valence-corrected chi connectivity index (χ0v) is 49.2. The summed E-state index contributed by atoms with van der Waals surface area (Å²) in [4.78, 5) is 21.5. The van der Waals surface area contributed by atoms with Gasteiger partial charge in [0.2, 0.25) is 0 Å². The molecule has 402 valence electrons. The largest absolute Gasteiger partial charge is 0.424 e. The Morgan fingerprint density at radius 2 is 0.523 bits per heavy atom. The van der Waals surface area contributed by atoms with Crippen LogP contribution in [0.15, 0.2) is 322 Å². The van der Waals surface area contributed by atoms with Crippen LogP contribution in [-0.2, 0) is 0 Å². The molecule has 1 aromatic heterocycles. The molecular formula is C77H53Al2N7. The van der Waals surface area contributed by atoms with Gasteiger partial charge in [-0.3, -0.25) is 9.88 Å². The zero-order chi connectivity index (χ0) is 56.7. The quantitative estimate of drug-likeness (QED) is 0.126. The molecule has 0 bridgehead atoms. The second-order valence-electron chi connectivity index (χ2n) is 22.3. The van der Waals surface area contributed by atoms with Crippen molar-refractivity contribution in [3.8, 4) is 0 Å². The molecule has 13 aromatic rings. The summed E-state index contributed by atoms with van der Waals surface area (Å²) < 4.78 is 7.85. The Hall–Kier alpha value is -10.3. The number of hydrogen-bond donors (Lipinski definition) is 0. The molecule has 0 saturated heterocycles. The van der Waals surface area contributed by atoms with E-state index in [1.165, 1.54) is 50.6 Å². The molecule has 0 atom stereocenters. The molecule has 86 heavy (non-hydrogen) atoms. The van der Waals surface area contributed by atoms with Crippen molar-refractivity contribution in [2.24, 2.45) is 0 Å². The maximum Gasteiger partial charge on any atom is 0.424 e. The van der Waals surface area contributed by atoms with Crippen LogP contribution in [0.3, 0.4) is 0 Å². The van der Waals surface area contributed by atoms with E-state index in [4.69, 9.17) is 4.98 Å². The van der Waals surface area contributed by atoms with Gasteiger partial charge in [-0.05, 0) is 140 Å². The van der Waals surface area contributed by atoms with Crippen LogP contribution in [0.2, 0.25) is 0 Å². The molecule has 12 aromatic carbocycles. The Labute approximate surface area is 509 Å². The van der Waals surface area contributed by atoms with E-state index in [1.54, 1.807) is 0 Å². The molecule has 4 aliphatic rings. The molecule has 0 fully saturated rings. The van der Waals surface area contributed by atoms with Gasteiger partial charge in [0.1, 0.15) is 5.82 Å². The Morgan fingerprint density at radius 1 is 0.233 bits per heavy atom. The topological polar surface area (TPSA) is 32.3 Å². The van der Waals surface area contributed by atoms with Gasteiger partial charge in [-0.1, -0.05) is 204 Å². The molecule has 0 amide bonds. The van der Waals surface area contributed by atoms with Gasteiger partial charge in [-0.15, -0.1) is 0 Å². The standard InChI is InChI=1S/C77H53N7.2Al/c1-11-31-60(32-12-1)79(61-33-13-2-14-34-61)71-53-72(80(62-35-15-3-16-36-62)63-37-17-4-18-38-63)56-75(55-71)83(68-47-27-9-28-48-68)70-51-52-77(78-59-70)84(69-49-29-10-30-50-69)76-57-73(81(64-39-19-5-20-40-64)65-41-21-6-22-42-65)54-74(58-76)82(66-43-23-7-24-44-66)67-45-25-8-26-46-67;;/h1-37,39-45,47-51,53-55,57H;;. The number of nitrogens with zero attached hydrogens (tertiary/aromatic N) is 7. The Bertz CT molecular complexity index is 4300. The maximum absolute atomic E-state index is 6.48. The average Bonchev–Trinajstić information content (AvgIpc) is 0.760. The van der Waals surface area contributed by atoms with Gasteiger partial charge >= 0.3 is 28.3 Å². The average molecular weight is 1130 g/mol. The van der Waals surface area contributed by atoms with Gasteiger partial charge < -0.3 is 24.5 Å². The van der Waals surface area contributed by atoms with E-state index >= 15 is 0 Å². The van der Waals surface area contributed by atoms with Crippen molar-refractivity contribution in [2.45, 2.75) is 0 Å². The van der Waals surface area contributed by atoms with Crippen LogP contribution in [0.1, 0.15) is 0 Å². The van der Waals surface area contributed by atoms with Crippen LogP contribution in [0, 0.1) is 0 Å². The highest BCUT2D eigenvalue weighted by atomic mass is 27.2. The molecule has 0 N–H and O–H groups in total. The van der Waals surface area contributed by atoms with Gasteiger partial charge in [-0.25, -0.2) is 0 Å². The van der Waals surface area contributed by atoms with Gasteiger partial charge in [0, 0.05) is 84.2 Å². The van der Waals surface area contributed by atoms with E-state index in [0.717, 1.165) is 78.6 Å². The molecule has 7 nitrogen and oxygen atoms in total. The van der Waals surface area contributed by atoms with Crippen LogP contribution in [0.5, 0.6) is 0 Å². The van der Waals surface area contributed by atoms with Crippen molar-refractivity contribution in [2.75, 3.05) is 29.4 Å². The summed E-state index contributed by atoms with van der Waals surface area (Å²) in [6.07, 6.45) is 0. The lowest BCUT2D eigenvalue weighted by Crippen LogP contribution is -2.65. The van der Waals surface area contributed by atoms with Crippen molar-refractivity contribution in [1.29, 1.82) is 0 Å². The smallest absolute Gasteiger partial charge is 0.313 e. The van der Waals surface area contributed by atoms with Gasteiger partial charge in [0.25, 0.3) is 0 Å². The SMILES string of the molecule is c1ccc(N(c2ccccc2)c2cc3[c]4c(c2)N(c2ccccc2)c2n[c]5c(c[c]2[Al]4[c]2ccccc2N3c2ccccc2)N(c2ccccc2)c2cc(N(c3ccccc3)c3ccccc3)cc3[c]2[Al]5[c]2ccccc2N3c2ccccc2)cc1. The highest BCUT2D eigenvalue weighted by Crippen LogP contribution is 2.51. The molecule has 4 aliphatic heterocycles. The number of fused-ring (bicyclic) bond motifs is 8. The first-order valence-electron chi connectivity index (χ1n) is 29.5. The van der Waals surface area contributed by atoms with E-state index in [2.05, 4.69) is 351 Å². The Balaban J connectivity index is 0.995. The Morgan fingerprint density at radius 3 is 0.907 bits per heavy atom. The summed E-state index contributed by atoms with van der Waals surface area (Å²) in [6, 6.07) is 118. The van der Waals surface area contributed by atoms with Gasteiger partial charge in [-0.2, -0.15) is 0 Å². The molecule has 0 aliphatic carbocycles. The van der Waals surface area contributed by atoms with E-state index in [-0.39, 0.29) is 0 Å². The third-order valence-corrected chi connectivity index (χ3v) is 24.0. The van der Waals surface area contributed by atoms with E-state index < -0.39 is 28.3 Å². The van der Waals surface area contributed by atoms with Gasteiger partial charge in [0.05, 0.1) is 17.1 Å². The third kappa shape index (κ3) is 8.06. The molecule has 0 saturated carbocycles. The first-order chi connectivity index (χ1) is 42.7. The highest BCUT2D eigenvalue weighted by molar-refractivity contribution is 7.02. The minimum absolute atomic E-state index is 1.00. The lowest BCUT2D eigenvalue weighted by molar-refractivity contribution is 1.17. The summed E-state index contributed by atoms with van der Waals surface area (Å²) in [5.41, 5.74) is 19.0. The van der Waals surface area contributed by atoms with Crippen LogP contribution >= 0.6 is 0 Å². The van der Waals surface area contributed by atoms with Crippen molar-refractivity contribution < 1.29 is 0 Å². The van der Waals surface area contributed by atoms with E-state index in [0.29, 0.717) is 0 Å². The number of hydrogen-bond acceptors (Lipinski definition) is 7. The number of rotatable bonds is 10. The second-order valence-corrected chi connectivity index (χ2v) is 27.6. The number of para-hydroxylation sites is 10. The minimum Gasteiger partial charge on any atom is -0.313 e. The molecule has 17 rings (SSSR count). The third-order valence-electron chi connectivity index (χ3n) is 17.5. The van der Waals surface area contributed by atoms with Crippen LogP contribution in [0.4, 0.5) is 103 Å². The second kappa shape index (κ2) is 20.8. The first kappa shape index (κ1) is 50.2. The molecule has 9 heteroatoms. The molecule has 0 spiro atoms. The predicted molar refractivity (Wildman–Crippen MR) is 362 cm³/mol. The van der Waals surface area contributed by atoms with Crippen LogP contribution in [-0.4, -0.2) is 33.3 Å². The number of anilines is 18.